The zero-order chi connectivity index (χ0) is 13.2. The van der Waals surface area contributed by atoms with Crippen molar-refractivity contribution in [2.24, 2.45) is 5.92 Å². The summed E-state index contributed by atoms with van der Waals surface area (Å²) in [5, 5.41) is 11.1. The number of rotatable bonds is 0. The molecular weight excluding hydrogens is 246 g/mol. The van der Waals surface area contributed by atoms with Crippen LogP contribution in [0, 0.1) is 17.6 Å². The maximum absolute atomic E-state index is 13.8. The van der Waals surface area contributed by atoms with E-state index in [0.717, 1.165) is 0 Å². The van der Waals surface area contributed by atoms with Gasteiger partial charge in [0.15, 0.2) is 0 Å². The largest absolute Gasteiger partial charge is 0.380 e. The molecule has 96 valence electrons. The number of halogens is 2. The number of aliphatic hydroxyl groups is 1. The fourth-order valence-corrected chi connectivity index (χ4v) is 3.69. The van der Waals surface area contributed by atoms with Crippen LogP contribution >= 0.6 is 0 Å². The average Bonchev–Trinajstić information content (AvgIpc) is 2.83. The van der Waals surface area contributed by atoms with Crippen molar-refractivity contribution >= 4 is 0 Å². The topological polar surface area (TPSA) is 20.2 Å². The number of hydrogen-bond acceptors (Lipinski definition) is 1. The highest BCUT2D eigenvalue weighted by molar-refractivity contribution is 5.53. The fraction of sp³-hybridized carbons (Fsp3) is 0.250. The van der Waals surface area contributed by atoms with Gasteiger partial charge >= 0.3 is 0 Å². The number of benzene rings is 2. The van der Waals surface area contributed by atoms with Crippen LogP contribution in [0.2, 0.25) is 0 Å². The van der Waals surface area contributed by atoms with Crippen LogP contribution in [-0.2, 0) is 18.4 Å². The second-order valence-electron chi connectivity index (χ2n) is 5.40. The molecule has 2 aliphatic rings. The van der Waals surface area contributed by atoms with Crippen LogP contribution in [0.3, 0.4) is 0 Å². The minimum Gasteiger partial charge on any atom is -0.380 e. The minimum absolute atomic E-state index is 0.161. The highest BCUT2D eigenvalue weighted by Gasteiger charge is 2.53. The van der Waals surface area contributed by atoms with E-state index in [0.29, 0.717) is 35.1 Å². The first-order chi connectivity index (χ1) is 9.12. The predicted octanol–water partition coefficient (Wildman–Crippen LogP) is 2.93. The Morgan fingerprint density at radius 3 is 1.84 bits per heavy atom. The normalized spacial score (nSPS) is 27.0. The van der Waals surface area contributed by atoms with Gasteiger partial charge in [0.05, 0.1) is 0 Å². The molecule has 0 unspecified atom stereocenters. The molecule has 0 bridgehead atoms. The van der Waals surface area contributed by atoms with Crippen molar-refractivity contribution in [3.05, 3.63) is 70.3 Å². The third-order valence-electron chi connectivity index (χ3n) is 4.55. The van der Waals surface area contributed by atoms with Crippen LogP contribution in [0.1, 0.15) is 22.3 Å². The molecule has 0 spiro atoms. The van der Waals surface area contributed by atoms with Crippen LogP contribution in [-0.4, -0.2) is 5.11 Å². The van der Waals surface area contributed by atoms with E-state index in [1.807, 2.05) is 0 Å². The predicted molar refractivity (Wildman–Crippen MR) is 66.7 cm³/mol. The van der Waals surface area contributed by atoms with Gasteiger partial charge in [0.25, 0.3) is 0 Å². The van der Waals surface area contributed by atoms with Gasteiger partial charge in [0, 0.05) is 5.92 Å². The summed E-state index contributed by atoms with van der Waals surface area (Å²) < 4.78 is 27.7. The van der Waals surface area contributed by atoms with Crippen molar-refractivity contribution in [2.75, 3.05) is 0 Å². The van der Waals surface area contributed by atoms with Crippen molar-refractivity contribution in [3.63, 3.8) is 0 Å². The van der Waals surface area contributed by atoms with Crippen molar-refractivity contribution in [3.8, 4) is 0 Å². The summed E-state index contributed by atoms with van der Waals surface area (Å²) >= 11 is 0. The standard InChI is InChI=1S/C16H12F2O/c17-14-5-1-3-12-10(14)7-9-8-11-13(16(9,12)19)4-2-6-15(11)18/h1-6,9,19H,7-8H2. The van der Waals surface area contributed by atoms with Crippen LogP contribution in [0.15, 0.2) is 36.4 Å². The van der Waals surface area contributed by atoms with Gasteiger partial charge in [-0.1, -0.05) is 24.3 Å². The third kappa shape index (κ3) is 1.21. The maximum Gasteiger partial charge on any atom is 0.126 e. The molecule has 0 saturated carbocycles. The zero-order valence-corrected chi connectivity index (χ0v) is 10.2. The lowest BCUT2D eigenvalue weighted by Gasteiger charge is -2.25. The van der Waals surface area contributed by atoms with Gasteiger partial charge < -0.3 is 5.11 Å². The first-order valence-electron chi connectivity index (χ1n) is 6.40. The van der Waals surface area contributed by atoms with E-state index in [4.69, 9.17) is 0 Å². The summed E-state index contributed by atoms with van der Waals surface area (Å²) in [6, 6.07) is 9.53. The summed E-state index contributed by atoms with van der Waals surface area (Å²) in [5.41, 5.74) is 1.12. The Morgan fingerprint density at radius 2 is 1.37 bits per heavy atom. The molecule has 0 amide bonds. The molecule has 2 aliphatic carbocycles. The van der Waals surface area contributed by atoms with Gasteiger partial charge in [0.1, 0.15) is 17.2 Å². The van der Waals surface area contributed by atoms with Gasteiger partial charge in [-0.05, 0) is 47.2 Å². The smallest absolute Gasteiger partial charge is 0.126 e. The number of fused-ring (bicyclic) bond motifs is 5. The summed E-state index contributed by atoms with van der Waals surface area (Å²) in [6.07, 6.45) is 0.930. The lowest BCUT2D eigenvalue weighted by atomic mass is 9.86. The molecule has 0 saturated heterocycles. The molecule has 19 heavy (non-hydrogen) atoms. The van der Waals surface area contributed by atoms with E-state index >= 15 is 0 Å². The number of hydrogen-bond donors (Lipinski definition) is 1. The Hall–Kier alpha value is -1.74. The lowest BCUT2D eigenvalue weighted by Crippen LogP contribution is -2.28. The molecule has 1 nitrogen and oxygen atoms in total. The fourth-order valence-electron chi connectivity index (χ4n) is 3.69. The van der Waals surface area contributed by atoms with Crippen molar-refractivity contribution in [1.82, 2.24) is 0 Å². The summed E-state index contributed by atoms with van der Waals surface area (Å²) in [6.45, 7) is 0. The van der Waals surface area contributed by atoms with Gasteiger partial charge in [0.2, 0.25) is 0 Å². The second kappa shape index (κ2) is 3.42. The van der Waals surface area contributed by atoms with Gasteiger partial charge in [-0.2, -0.15) is 0 Å². The monoisotopic (exact) mass is 258 g/mol. The van der Waals surface area contributed by atoms with E-state index in [-0.39, 0.29) is 17.6 Å². The first kappa shape index (κ1) is 11.1. The molecule has 0 fully saturated rings. The quantitative estimate of drug-likeness (QED) is 0.770. The highest BCUT2D eigenvalue weighted by atomic mass is 19.1. The molecule has 2 aromatic carbocycles. The third-order valence-corrected chi connectivity index (χ3v) is 4.55. The maximum atomic E-state index is 13.8. The molecule has 0 heterocycles. The van der Waals surface area contributed by atoms with Crippen LogP contribution in [0.25, 0.3) is 0 Å². The van der Waals surface area contributed by atoms with Gasteiger partial charge in [-0.25, -0.2) is 8.78 Å². The summed E-state index contributed by atoms with van der Waals surface area (Å²) in [5.74, 6) is -0.720. The van der Waals surface area contributed by atoms with Crippen LogP contribution < -0.4 is 0 Å². The Balaban J connectivity index is 2.02. The first-order valence-corrected chi connectivity index (χ1v) is 6.40. The van der Waals surface area contributed by atoms with Crippen molar-refractivity contribution in [2.45, 2.75) is 18.4 Å². The van der Waals surface area contributed by atoms with E-state index in [1.165, 1.54) is 12.1 Å². The minimum atomic E-state index is -1.23. The molecule has 0 aliphatic heterocycles. The Labute approximate surface area is 109 Å². The van der Waals surface area contributed by atoms with E-state index in [9.17, 15) is 13.9 Å². The summed E-state index contributed by atoms with van der Waals surface area (Å²) in [7, 11) is 0. The molecule has 1 N–H and O–H groups in total. The molecule has 0 aromatic heterocycles. The van der Waals surface area contributed by atoms with E-state index in [2.05, 4.69) is 0 Å². The van der Waals surface area contributed by atoms with Crippen LogP contribution in [0.5, 0.6) is 0 Å². The molecule has 4 rings (SSSR count). The van der Waals surface area contributed by atoms with Crippen LogP contribution in [0.4, 0.5) is 8.78 Å². The van der Waals surface area contributed by atoms with Gasteiger partial charge in [-0.15, -0.1) is 0 Å². The lowest BCUT2D eigenvalue weighted by molar-refractivity contribution is 0.0442. The highest BCUT2D eigenvalue weighted by Crippen LogP contribution is 2.53. The summed E-state index contributed by atoms with van der Waals surface area (Å²) in [4.78, 5) is 0. The Bertz CT molecular complexity index is 638. The van der Waals surface area contributed by atoms with E-state index in [1.54, 1.807) is 24.3 Å². The molecule has 2 aromatic rings. The Morgan fingerprint density at radius 1 is 0.895 bits per heavy atom. The van der Waals surface area contributed by atoms with Gasteiger partial charge in [-0.3, -0.25) is 0 Å². The zero-order valence-electron chi connectivity index (χ0n) is 10.2. The second-order valence-corrected chi connectivity index (χ2v) is 5.40. The van der Waals surface area contributed by atoms with E-state index < -0.39 is 5.60 Å². The molecule has 0 radical (unpaired) electrons. The molecule has 3 heteroatoms. The molecular formula is C16H12F2O. The van der Waals surface area contributed by atoms with Crippen molar-refractivity contribution < 1.29 is 13.9 Å². The average molecular weight is 258 g/mol. The van der Waals surface area contributed by atoms with Crippen molar-refractivity contribution in [1.29, 1.82) is 0 Å². The Kier molecular flexibility index (Phi) is 2.00. The molecule has 0 atom stereocenters. The SMILES string of the molecule is OC12c3cccc(F)c3CC1Cc1c(F)cccc12.